The number of nitrogens with one attached hydrogen (secondary N) is 1. The fraction of sp³-hybridized carbons (Fsp3) is 0.222. The maximum atomic E-state index is 13.0. The van der Waals surface area contributed by atoms with Crippen LogP contribution in [-0.2, 0) is 16.8 Å². The third-order valence-electron chi connectivity index (χ3n) is 6.60. The third kappa shape index (κ3) is 5.11. The van der Waals surface area contributed by atoms with Crippen LogP contribution in [0, 0.1) is 0 Å². The normalized spacial score (nSPS) is 15.6. The molecule has 0 amide bonds. The highest BCUT2D eigenvalue weighted by atomic mass is 32.2. The Kier molecular flexibility index (Phi) is 7.00. The van der Waals surface area contributed by atoms with Crippen LogP contribution >= 0.6 is 11.3 Å². The summed E-state index contributed by atoms with van der Waals surface area (Å²) in [6.45, 7) is 1.99. The van der Waals surface area contributed by atoms with Crippen LogP contribution in [0.4, 0.5) is 5.95 Å². The summed E-state index contributed by atoms with van der Waals surface area (Å²) < 4.78 is 36.5. The largest absolute Gasteiger partial charge is 0.497 e. The van der Waals surface area contributed by atoms with Crippen LogP contribution in [0.3, 0.4) is 0 Å². The van der Waals surface area contributed by atoms with Gasteiger partial charge in [0.1, 0.15) is 11.4 Å². The van der Waals surface area contributed by atoms with Crippen molar-refractivity contribution in [3.8, 4) is 28.4 Å². The molecule has 0 saturated carbocycles. The maximum Gasteiger partial charge on any atom is 0.282 e. The molecule has 0 unspecified atom stereocenters. The third-order valence-corrected chi connectivity index (χ3v) is 9.34. The number of thiazole rings is 1. The van der Waals surface area contributed by atoms with E-state index >= 15 is 0 Å². The molecular weight excluding hydrogens is 534 g/mol. The topological polar surface area (TPSA) is 105 Å². The van der Waals surface area contributed by atoms with E-state index in [0.717, 1.165) is 33.2 Å². The molecule has 1 saturated heterocycles. The van der Waals surface area contributed by atoms with Crippen molar-refractivity contribution in [1.82, 2.24) is 28.0 Å². The van der Waals surface area contributed by atoms with Crippen molar-refractivity contribution < 1.29 is 13.2 Å². The van der Waals surface area contributed by atoms with Crippen LogP contribution in [0.2, 0.25) is 0 Å². The van der Waals surface area contributed by atoms with E-state index in [1.807, 2.05) is 76.6 Å². The minimum Gasteiger partial charge on any atom is -0.497 e. The lowest BCUT2D eigenvalue weighted by molar-refractivity contribution is 0.415. The molecule has 0 radical (unpaired) electrons. The van der Waals surface area contributed by atoms with Gasteiger partial charge in [-0.3, -0.25) is 4.40 Å². The van der Waals surface area contributed by atoms with Gasteiger partial charge in [0, 0.05) is 56.1 Å². The van der Waals surface area contributed by atoms with Crippen LogP contribution in [0.1, 0.15) is 5.56 Å². The zero-order valence-electron chi connectivity index (χ0n) is 21.3. The molecule has 0 spiro atoms. The summed E-state index contributed by atoms with van der Waals surface area (Å²) in [5.74, 6) is 1.17. The molecule has 4 heterocycles. The number of methoxy groups -OCH3 is 1. The first-order valence-electron chi connectivity index (χ1n) is 12.5. The predicted molar refractivity (Wildman–Crippen MR) is 152 cm³/mol. The molecule has 0 atom stereocenters. The average Bonchev–Trinajstić information content (AvgIpc) is 3.63. The zero-order valence-corrected chi connectivity index (χ0v) is 22.9. The van der Waals surface area contributed by atoms with Gasteiger partial charge in [0.15, 0.2) is 4.96 Å². The van der Waals surface area contributed by atoms with Gasteiger partial charge < -0.3 is 10.1 Å². The first-order chi connectivity index (χ1) is 19.0. The standard InChI is InChI=1S/C27H27N7O3S2/c1-37-22-9-5-8-21(18-22)24-25(34-16-17-38-27(34)31-24)23-10-11-28-26(30-23)29-12-13-32-14-15-33(39(32,35)36)19-20-6-3-2-4-7-20/h2-11,16-18H,12-15,19H2,1H3,(H,28,29,30). The molecule has 12 heteroatoms. The smallest absolute Gasteiger partial charge is 0.282 e. The summed E-state index contributed by atoms with van der Waals surface area (Å²) in [6, 6.07) is 19.3. The molecule has 1 aliphatic rings. The monoisotopic (exact) mass is 561 g/mol. The second-order valence-electron chi connectivity index (χ2n) is 9.01. The molecule has 3 aromatic heterocycles. The minimum absolute atomic E-state index is 0.317. The van der Waals surface area contributed by atoms with Crippen molar-refractivity contribution >= 4 is 32.5 Å². The SMILES string of the molecule is COc1cccc(-c2nc3sccn3c2-c2ccnc(NCCN3CCN(Cc4ccccc4)S3(=O)=O)n2)c1. The Morgan fingerprint density at radius 2 is 1.87 bits per heavy atom. The van der Waals surface area contributed by atoms with E-state index in [4.69, 9.17) is 14.7 Å². The highest BCUT2D eigenvalue weighted by Crippen LogP contribution is 2.34. The number of anilines is 1. The second kappa shape index (κ2) is 10.7. The van der Waals surface area contributed by atoms with Gasteiger partial charge in [0.05, 0.1) is 18.5 Å². The predicted octanol–water partition coefficient (Wildman–Crippen LogP) is 4.00. The Hall–Kier alpha value is -3.84. The molecule has 1 fully saturated rings. The molecule has 0 aliphatic carbocycles. The number of ether oxygens (including phenoxy) is 1. The Labute approximate surface area is 230 Å². The summed E-state index contributed by atoms with van der Waals surface area (Å²) in [5, 5.41) is 5.19. The lowest BCUT2D eigenvalue weighted by Crippen LogP contribution is -2.35. The van der Waals surface area contributed by atoms with E-state index < -0.39 is 10.2 Å². The first kappa shape index (κ1) is 25.4. The van der Waals surface area contributed by atoms with Crippen molar-refractivity contribution in [2.24, 2.45) is 0 Å². The van der Waals surface area contributed by atoms with Crippen LogP contribution in [0.15, 0.2) is 78.4 Å². The van der Waals surface area contributed by atoms with Gasteiger partial charge in [-0.05, 0) is 23.8 Å². The molecular formula is C27H27N7O3S2. The maximum absolute atomic E-state index is 13.0. The molecule has 1 aliphatic heterocycles. The molecule has 6 rings (SSSR count). The van der Waals surface area contributed by atoms with Gasteiger partial charge in [0.25, 0.3) is 10.2 Å². The molecule has 0 bridgehead atoms. The molecule has 10 nitrogen and oxygen atoms in total. The highest BCUT2D eigenvalue weighted by molar-refractivity contribution is 7.87. The van der Waals surface area contributed by atoms with Gasteiger partial charge in [-0.1, -0.05) is 42.5 Å². The van der Waals surface area contributed by atoms with E-state index in [-0.39, 0.29) is 0 Å². The number of aromatic nitrogens is 4. The number of fused-ring (bicyclic) bond motifs is 1. The second-order valence-corrected chi connectivity index (χ2v) is 11.8. The number of rotatable bonds is 9. The fourth-order valence-electron chi connectivity index (χ4n) is 4.66. The Morgan fingerprint density at radius 1 is 1.03 bits per heavy atom. The summed E-state index contributed by atoms with van der Waals surface area (Å²) in [5.41, 5.74) is 4.25. The van der Waals surface area contributed by atoms with Crippen LogP contribution < -0.4 is 10.1 Å². The number of nitrogens with zero attached hydrogens (tertiary/aromatic N) is 6. The van der Waals surface area contributed by atoms with Gasteiger partial charge in [-0.15, -0.1) is 11.3 Å². The van der Waals surface area contributed by atoms with Crippen molar-refractivity contribution in [3.63, 3.8) is 0 Å². The van der Waals surface area contributed by atoms with E-state index in [0.29, 0.717) is 44.4 Å². The van der Waals surface area contributed by atoms with E-state index in [2.05, 4.69) is 10.3 Å². The van der Waals surface area contributed by atoms with Gasteiger partial charge in [-0.25, -0.2) is 15.0 Å². The average molecular weight is 562 g/mol. The highest BCUT2D eigenvalue weighted by Gasteiger charge is 2.36. The Balaban J connectivity index is 1.18. The number of benzene rings is 2. The number of imidazole rings is 1. The number of hydrogen-bond acceptors (Lipinski definition) is 8. The summed E-state index contributed by atoms with van der Waals surface area (Å²) >= 11 is 1.55. The van der Waals surface area contributed by atoms with Gasteiger partial charge in [-0.2, -0.15) is 17.0 Å². The Morgan fingerprint density at radius 3 is 2.72 bits per heavy atom. The summed E-state index contributed by atoms with van der Waals surface area (Å²) in [4.78, 5) is 14.8. The van der Waals surface area contributed by atoms with Gasteiger partial charge in [0.2, 0.25) is 5.95 Å². The lowest BCUT2D eigenvalue weighted by atomic mass is 10.1. The summed E-state index contributed by atoms with van der Waals surface area (Å²) in [6.07, 6.45) is 3.67. The molecule has 1 N–H and O–H groups in total. The van der Waals surface area contributed by atoms with Crippen molar-refractivity contribution in [1.29, 1.82) is 0 Å². The van der Waals surface area contributed by atoms with E-state index in [1.165, 1.54) is 8.61 Å². The Bertz CT molecular complexity index is 1700. The fourth-order valence-corrected chi connectivity index (χ4v) is 6.96. The molecule has 5 aromatic rings. The van der Waals surface area contributed by atoms with Crippen molar-refractivity contribution in [3.05, 3.63) is 84.0 Å². The number of hydrogen-bond donors (Lipinski definition) is 1. The lowest BCUT2D eigenvalue weighted by Gasteiger charge is -2.19. The van der Waals surface area contributed by atoms with Crippen molar-refractivity contribution in [2.45, 2.75) is 6.54 Å². The zero-order chi connectivity index (χ0) is 26.8. The van der Waals surface area contributed by atoms with E-state index in [9.17, 15) is 8.42 Å². The van der Waals surface area contributed by atoms with E-state index in [1.54, 1.807) is 24.6 Å². The molecule has 200 valence electrons. The summed E-state index contributed by atoms with van der Waals surface area (Å²) in [7, 11) is -1.88. The minimum atomic E-state index is -3.52. The van der Waals surface area contributed by atoms with Crippen molar-refractivity contribution in [2.75, 3.05) is 38.6 Å². The molecule has 39 heavy (non-hydrogen) atoms. The first-order valence-corrected chi connectivity index (χ1v) is 14.8. The van der Waals surface area contributed by atoms with Crippen LogP contribution in [-0.4, -0.2) is 69.7 Å². The quantitative estimate of drug-likeness (QED) is 0.290. The van der Waals surface area contributed by atoms with Crippen LogP contribution in [0.5, 0.6) is 5.75 Å². The molecule has 2 aromatic carbocycles. The van der Waals surface area contributed by atoms with Crippen LogP contribution in [0.25, 0.3) is 27.6 Å². The van der Waals surface area contributed by atoms with Gasteiger partial charge >= 0.3 is 0 Å².